The molecule has 0 aliphatic rings. The number of nitrogens with zero attached hydrogens (tertiary/aromatic N) is 1. The highest BCUT2D eigenvalue weighted by atomic mass is 127. The van der Waals surface area contributed by atoms with Crippen molar-refractivity contribution >= 4 is 63.3 Å². The van der Waals surface area contributed by atoms with E-state index in [1.165, 1.54) is 0 Å². The van der Waals surface area contributed by atoms with Gasteiger partial charge in [0.25, 0.3) is 11.8 Å². The fourth-order valence-electron chi connectivity index (χ4n) is 2.32. The summed E-state index contributed by atoms with van der Waals surface area (Å²) in [4.78, 5) is 26.5. The van der Waals surface area contributed by atoms with E-state index >= 15 is 0 Å². The number of nitrogens with one attached hydrogen (secondary N) is 1. The average molecular weight is 491 g/mol. The second-order valence-corrected chi connectivity index (χ2v) is 7.26. The molecule has 2 aromatic rings. The van der Waals surface area contributed by atoms with Gasteiger partial charge in [-0.1, -0.05) is 23.2 Å². The highest BCUT2D eigenvalue weighted by Crippen LogP contribution is 2.24. The van der Waals surface area contributed by atoms with Crippen molar-refractivity contribution in [3.05, 3.63) is 61.1 Å². The quantitative estimate of drug-likeness (QED) is 0.575. The molecule has 2 rings (SSSR count). The summed E-state index contributed by atoms with van der Waals surface area (Å²) in [5.74, 6) is -0.414. The lowest BCUT2D eigenvalue weighted by Crippen LogP contribution is -2.30. The van der Waals surface area contributed by atoms with E-state index in [9.17, 15) is 9.59 Å². The highest BCUT2D eigenvalue weighted by molar-refractivity contribution is 14.1. The van der Waals surface area contributed by atoms with Gasteiger partial charge in [0.15, 0.2) is 0 Å². The van der Waals surface area contributed by atoms with Crippen LogP contribution in [0.1, 0.15) is 34.6 Å². The van der Waals surface area contributed by atoms with Crippen molar-refractivity contribution in [2.75, 3.05) is 18.4 Å². The van der Waals surface area contributed by atoms with Gasteiger partial charge in [0, 0.05) is 27.4 Å². The summed E-state index contributed by atoms with van der Waals surface area (Å²) in [6.45, 7) is 5.04. The maximum atomic E-state index is 12.4. The molecule has 7 heteroatoms. The van der Waals surface area contributed by atoms with E-state index in [2.05, 4.69) is 27.9 Å². The Morgan fingerprint density at radius 3 is 2.32 bits per heavy atom. The Kier molecular flexibility index (Phi) is 7.10. The predicted octanol–water partition coefficient (Wildman–Crippen LogP) is 5.33. The lowest BCUT2D eigenvalue weighted by molar-refractivity contribution is 0.0773. The zero-order chi connectivity index (χ0) is 18.6. The molecule has 0 unspecified atom stereocenters. The first-order valence-corrected chi connectivity index (χ1v) is 9.56. The molecule has 1 N–H and O–H groups in total. The molecule has 0 fully saturated rings. The molecular weight excluding hydrogens is 474 g/mol. The minimum atomic E-state index is -0.286. The molecule has 2 amide bonds. The van der Waals surface area contributed by atoms with Gasteiger partial charge in [-0.15, -0.1) is 0 Å². The van der Waals surface area contributed by atoms with Crippen LogP contribution in [0.5, 0.6) is 0 Å². The molecule has 0 saturated heterocycles. The lowest BCUT2D eigenvalue weighted by atomic mass is 10.1. The van der Waals surface area contributed by atoms with Crippen molar-refractivity contribution in [3.63, 3.8) is 0 Å². The van der Waals surface area contributed by atoms with E-state index in [1.807, 2.05) is 13.8 Å². The van der Waals surface area contributed by atoms with Gasteiger partial charge < -0.3 is 10.2 Å². The second-order valence-electron chi connectivity index (χ2n) is 5.25. The van der Waals surface area contributed by atoms with Crippen molar-refractivity contribution < 1.29 is 9.59 Å². The summed E-state index contributed by atoms with van der Waals surface area (Å²) < 4.78 is 0.791. The number of carbonyl (C=O) groups excluding carboxylic acids is 2. The summed E-state index contributed by atoms with van der Waals surface area (Å²) in [7, 11) is 0. The summed E-state index contributed by atoms with van der Waals surface area (Å²) in [6.07, 6.45) is 0. The van der Waals surface area contributed by atoms with Crippen LogP contribution in [0.3, 0.4) is 0 Å². The zero-order valence-electron chi connectivity index (χ0n) is 13.8. The van der Waals surface area contributed by atoms with Crippen LogP contribution in [-0.4, -0.2) is 29.8 Å². The Bertz CT molecular complexity index is 808. The summed E-state index contributed by atoms with van der Waals surface area (Å²) >= 11 is 14.3. The maximum absolute atomic E-state index is 12.4. The first-order chi connectivity index (χ1) is 11.9. The number of halogens is 3. The molecule has 0 spiro atoms. The second kappa shape index (κ2) is 8.87. The standard InChI is InChI=1S/C18H17Cl2IN2O2/c1-3-23(4-2)18(25)13-7-6-12(10-15(13)20)22-17(24)14-9-11(19)5-8-16(14)21/h5-10H,3-4H2,1-2H3,(H,22,24). The number of hydrogen-bond donors (Lipinski definition) is 1. The van der Waals surface area contributed by atoms with E-state index in [0.717, 1.165) is 3.57 Å². The molecule has 132 valence electrons. The average Bonchev–Trinajstić information content (AvgIpc) is 2.58. The van der Waals surface area contributed by atoms with Crippen molar-refractivity contribution in [1.82, 2.24) is 4.90 Å². The van der Waals surface area contributed by atoms with Crippen LogP contribution in [0.25, 0.3) is 0 Å². The Morgan fingerprint density at radius 2 is 1.72 bits per heavy atom. The van der Waals surface area contributed by atoms with E-state index in [1.54, 1.807) is 41.3 Å². The van der Waals surface area contributed by atoms with Crippen molar-refractivity contribution in [2.24, 2.45) is 0 Å². The van der Waals surface area contributed by atoms with Crippen LogP contribution >= 0.6 is 45.8 Å². The number of carbonyl (C=O) groups is 2. The minimum Gasteiger partial charge on any atom is -0.339 e. The van der Waals surface area contributed by atoms with E-state index in [0.29, 0.717) is 39.9 Å². The first-order valence-electron chi connectivity index (χ1n) is 7.72. The van der Waals surface area contributed by atoms with Gasteiger partial charge in [0.2, 0.25) is 0 Å². The van der Waals surface area contributed by atoms with E-state index < -0.39 is 0 Å². The van der Waals surface area contributed by atoms with Gasteiger partial charge in [-0.05, 0) is 72.8 Å². The van der Waals surface area contributed by atoms with Gasteiger partial charge >= 0.3 is 0 Å². The van der Waals surface area contributed by atoms with Crippen molar-refractivity contribution in [1.29, 1.82) is 0 Å². The molecule has 0 saturated carbocycles. The number of benzene rings is 2. The lowest BCUT2D eigenvalue weighted by Gasteiger charge is -2.19. The van der Waals surface area contributed by atoms with Gasteiger partial charge in [-0.25, -0.2) is 0 Å². The fraction of sp³-hybridized carbons (Fsp3) is 0.222. The van der Waals surface area contributed by atoms with Crippen LogP contribution in [0.4, 0.5) is 5.69 Å². The molecule has 0 heterocycles. The molecule has 0 aromatic heterocycles. The van der Waals surface area contributed by atoms with E-state index in [4.69, 9.17) is 23.2 Å². The number of amides is 2. The number of rotatable bonds is 5. The van der Waals surface area contributed by atoms with E-state index in [-0.39, 0.29) is 11.8 Å². The Hall–Kier alpha value is -1.31. The molecule has 4 nitrogen and oxygen atoms in total. The van der Waals surface area contributed by atoms with Gasteiger partial charge in [0.05, 0.1) is 16.1 Å². The van der Waals surface area contributed by atoms with Crippen LogP contribution in [0.2, 0.25) is 10.0 Å². The molecule has 2 aromatic carbocycles. The van der Waals surface area contributed by atoms with Gasteiger partial charge in [-0.3, -0.25) is 9.59 Å². The highest BCUT2D eigenvalue weighted by Gasteiger charge is 2.17. The number of hydrogen-bond acceptors (Lipinski definition) is 2. The Balaban J connectivity index is 2.22. The Labute approximate surface area is 170 Å². The van der Waals surface area contributed by atoms with Crippen LogP contribution in [-0.2, 0) is 0 Å². The summed E-state index contributed by atoms with van der Waals surface area (Å²) in [5.41, 5.74) is 1.41. The molecule has 0 radical (unpaired) electrons. The largest absolute Gasteiger partial charge is 0.339 e. The first kappa shape index (κ1) is 20.0. The molecule has 0 aliphatic heterocycles. The normalized spacial score (nSPS) is 10.4. The summed E-state index contributed by atoms with van der Waals surface area (Å²) in [5, 5.41) is 3.57. The van der Waals surface area contributed by atoms with Crippen LogP contribution < -0.4 is 5.32 Å². The van der Waals surface area contributed by atoms with Crippen molar-refractivity contribution in [3.8, 4) is 0 Å². The topological polar surface area (TPSA) is 49.4 Å². The maximum Gasteiger partial charge on any atom is 0.256 e. The SMILES string of the molecule is CCN(CC)C(=O)c1ccc(NC(=O)c2cc(Cl)ccc2I)cc1Cl. The van der Waals surface area contributed by atoms with Crippen LogP contribution in [0.15, 0.2) is 36.4 Å². The van der Waals surface area contributed by atoms with Crippen molar-refractivity contribution in [2.45, 2.75) is 13.8 Å². The van der Waals surface area contributed by atoms with Gasteiger partial charge in [0.1, 0.15) is 0 Å². The molecule has 0 atom stereocenters. The monoisotopic (exact) mass is 490 g/mol. The molecule has 0 aliphatic carbocycles. The number of anilines is 1. The Morgan fingerprint density at radius 1 is 1.04 bits per heavy atom. The molecule has 25 heavy (non-hydrogen) atoms. The third-order valence-corrected chi connectivity index (χ3v) is 5.17. The predicted molar refractivity (Wildman–Crippen MR) is 111 cm³/mol. The summed E-state index contributed by atoms with van der Waals surface area (Å²) in [6, 6.07) is 9.98. The molecule has 0 bridgehead atoms. The smallest absolute Gasteiger partial charge is 0.256 e. The molecular formula is C18H17Cl2IN2O2. The van der Waals surface area contributed by atoms with Gasteiger partial charge in [-0.2, -0.15) is 0 Å². The third kappa shape index (κ3) is 4.86. The third-order valence-electron chi connectivity index (χ3n) is 3.68. The van der Waals surface area contributed by atoms with Crippen LogP contribution in [0, 0.1) is 3.57 Å². The fourth-order valence-corrected chi connectivity index (χ4v) is 3.33. The minimum absolute atomic E-state index is 0.128. The zero-order valence-corrected chi connectivity index (χ0v) is 17.4.